The standard InChI is InChI=1S/C14H13BrN2O2S/c1-10(19-16-9-13-3-2-8-20-13)14(18)17-12-6-4-11(15)5-7-12/h2-10H,1H3,(H,17,18). The monoisotopic (exact) mass is 352 g/mol. The molecule has 0 aliphatic carbocycles. The number of oxime groups is 1. The SMILES string of the molecule is CC(ON=Cc1cccs1)C(=O)Nc1ccc(Br)cc1. The summed E-state index contributed by atoms with van der Waals surface area (Å²) in [6.07, 6.45) is 0.934. The minimum absolute atomic E-state index is 0.240. The van der Waals surface area contributed by atoms with Crippen molar-refractivity contribution in [1.29, 1.82) is 0 Å². The highest BCUT2D eigenvalue weighted by atomic mass is 79.9. The van der Waals surface area contributed by atoms with E-state index in [2.05, 4.69) is 26.4 Å². The van der Waals surface area contributed by atoms with Crippen molar-refractivity contribution >= 4 is 45.1 Å². The van der Waals surface area contributed by atoms with Gasteiger partial charge in [-0.15, -0.1) is 11.3 Å². The van der Waals surface area contributed by atoms with Crippen molar-refractivity contribution in [1.82, 2.24) is 0 Å². The highest BCUT2D eigenvalue weighted by Crippen LogP contribution is 2.14. The number of carbonyl (C=O) groups excluding carboxylic acids is 1. The number of carbonyl (C=O) groups is 1. The number of hydrogen-bond donors (Lipinski definition) is 1. The van der Waals surface area contributed by atoms with Crippen LogP contribution < -0.4 is 5.32 Å². The van der Waals surface area contributed by atoms with Gasteiger partial charge in [0.05, 0.1) is 6.21 Å². The maximum absolute atomic E-state index is 11.9. The molecule has 2 rings (SSSR count). The largest absolute Gasteiger partial charge is 0.383 e. The van der Waals surface area contributed by atoms with Crippen LogP contribution in [0.5, 0.6) is 0 Å². The normalized spacial score (nSPS) is 12.3. The molecule has 20 heavy (non-hydrogen) atoms. The van der Waals surface area contributed by atoms with E-state index in [-0.39, 0.29) is 5.91 Å². The van der Waals surface area contributed by atoms with E-state index < -0.39 is 6.10 Å². The molecule has 1 heterocycles. The zero-order chi connectivity index (χ0) is 14.4. The second-order valence-corrected chi connectivity index (χ2v) is 5.89. The summed E-state index contributed by atoms with van der Waals surface area (Å²) in [5, 5.41) is 8.51. The van der Waals surface area contributed by atoms with Gasteiger partial charge in [0.2, 0.25) is 6.10 Å². The third-order valence-corrected chi connectivity index (χ3v) is 3.76. The van der Waals surface area contributed by atoms with Crippen molar-refractivity contribution in [2.24, 2.45) is 5.16 Å². The molecule has 0 fully saturated rings. The molecule has 0 aliphatic heterocycles. The van der Waals surface area contributed by atoms with Crippen LogP contribution in [0.1, 0.15) is 11.8 Å². The Morgan fingerprint density at radius 1 is 1.40 bits per heavy atom. The van der Waals surface area contributed by atoms with Crippen LogP contribution in [0.4, 0.5) is 5.69 Å². The average molecular weight is 353 g/mol. The van der Waals surface area contributed by atoms with Crippen LogP contribution in [0.3, 0.4) is 0 Å². The summed E-state index contributed by atoms with van der Waals surface area (Å²) in [6.45, 7) is 1.65. The number of halogens is 1. The lowest BCUT2D eigenvalue weighted by Gasteiger charge is -2.10. The molecule has 0 aliphatic rings. The van der Waals surface area contributed by atoms with Crippen LogP contribution in [-0.2, 0) is 9.63 Å². The maximum atomic E-state index is 11.9. The lowest BCUT2D eigenvalue weighted by Crippen LogP contribution is -2.26. The molecule has 1 aromatic heterocycles. The van der Waals surface area contributed by atoms with Crippen molar-refractivity contribution in [2.45, 2.75) is 13.0 Å². The molecule has 4 nitrogen and oxygen atoms in total. The summed E-state index contributed by atoms with van der Waals surface area (Å²) in [5.74, 6) is -0.240. The quantitative estimate of drug-likeness (QED) is 0.655. The van der Waals surface area contributed by atoms with Gasteiger partial charge >= 0.3 is 0 Å². The molecule has 0 bridgehead atoms. The molecule has 2 aromatic rings. The number of nitrogens with one attached hydrogen (secondary N) is 1. The topological polar surface area (TPSA) is 50.7 Å². The Morgan fingerprint density at radius 2 is 2.15 bits per heavy atom. The zero-order valence-electron chi connectivity index (χ0n) is 10.7. The van der Waals surface area contributed by atoms with Crippen LogP contribution in [0.25, 0.3) is 0 Å². The van der Waals surface area contributed by atoms with E-state index in [4.69, 9.17) is 4.84 Å². The van der Waals surface area contributed by atoms with Crippen molar-refractivity contribution < 1.29 is 9.63 Å². The first kappa shape index (κ1) is 14.7. The van der Waals surface area contributed by atoms with Gasteiger partial charge in [0.15, 0.2) is 0 Å². The third kappa shape index (κ3) is 4.47. The number of thiophene rings is 1. The Kier molecular flexibility index (Phi) is 5.31. The molecule has 1 N–H and O–H groups in total. The molecule has 104 valence electrons. The molecule has 1 atom stereocenters. The molecule has 6 heteroatoms. The first-order valence-electron chi connectivity index (χ1n) is 5.94. The van der Waals surface area contributed by atoms with E-state index in [9.17, 15) is 4.79 Å². The van der Waals surface area contributed by atoms with E-state index in [1.54, 1.807) is 24.5 Å². The summed E-state index contributed by atoms with van der Waals surface area (Å²) in [7, 11) is 0. The van der Waals surface area contributed by atoms with Crippen molar-refractivity contribution in [3.8, 4) is 0 Å². The van der Waals surface area contributed by atoms with E-state index >= 15 is 0 Å². The molecule has 0 spiro atoms. The smallest absolute Gasteiger partial charge is 0.267 e. The van der Waals surface area contributed by atoms with Crippen molar-refractivity contribution in [3.05, 3.63) is 51.1 Å². The molecule has 1 aromatic carbocycles. The summed E-state index contributed by atoms with van der Waals surface area (Å²) >= 11 is 4.89. The fraction of sp³-hybridized carbons (Fsp3) is 0.143. The molecular formula is C14H13BrN2O2S. The summed E-state index contributed by atoms with van der Waals surface area (Å²) in [6, 6.07) is 11.2. The highest BCUT2D eigenvalue weighted by Gasteiger charge is 2.13. The average Bonchev–Trinajstić information content (AvgIpc) is 2.94. The van der Waals surface area contributed by atoms with Crippen molar-refractivity contribution in [3.63, 3.8) is 0 Å². The first-order valence-corrected chi connectivity index (χ1v) is 7.61. The summed E-state index contributed by atoms with van der Waals surface area (Å²) in [4.78, 5) is 18.0. The molecule has 1 amide bonds. The number of benzene rings is 1. The number of hydrogen-bond acceptors (Lipinski definition) is 4. The van der Waals surface area contributed by atoms with E-state index in [1.807, 2.05) is 41.8 Å². The van der Waals surface area contributed by atoms with Gasteiger partial charge < -0.3 is 10.2 Å². The second-order valence-electron chi connectivity index (χ2n) is 3.99. The molecule has 1 unspecified atom stereocenters. The summed E-state index contributed by atoms with van der Waals surface area (Å²) < 4.78 is 0.959. The lowest BCUT2D eigenvalue weighted by atomic mass is 10.3. The third-order valence-electron chi connectivity index (χ3n) is 2.42. The van der Waals surface area contributed by atoms with Gasteiger partial charge in [-0.2, -0.15) is 0 Å². The number of rotatable bonds is 5. The molecule has 0 saturated heterocycles. The minimum atomic E-state index is -0.658. The van der Waals surface area contributed by atoms with E-state index in [1.165, 1.54) is 0 Å². The Labute approximate surface area is 129 Å². The van der Waals surface area contributed by atoms with Crippen LogP contribution in [0.15, 0.2) is 51.4 Å². The number of anilines is 1. The number of nitrogens with zero attached hydrogens (tertiary/aromatic N) is 1. The van der Waals surface area contributed by atoms with Gasteiger partial charge in [0.1, 0.15) is 0 Å². The van der Waals surface area contributed by atoms with Crippen LogP contribution in [0, 0.1) is 0 Å². The lowest BCUT2D eigenvalue weighted by molar-refractivity contribution is -0.126. The fourth-order valence-electron chi connectivity index (χ4n) is 1.36. The highest BCUT2D eigenvalue weighted by molar-refractivity contribution is 9.10. The first-order chi connectivity index (χ1) is 9.65. The molecule has 0 radical (unpaired) electrons. The number of amides is 1. The van der Waals surface area contributed by atoms with Crippen LogP contribution in [0.2, 0.25) is 0 Å². The Hall–Kier alpha value is -1.66. The predicted molar refractivity (Wildman–Crippen MR) is 85.2 cm³/mol. The van der Waals surface area contributed by atoms with E-state index in [0.29, 0.717) is 0 Å². The predicted octanol–water partition coefficient (Wildman–Crippen LogP) is 3.89. The van der Waals surface area contributed by atoms with Gasteiger partial charge in [-0.3, -0.25) is 4.79 Å². The minimum Gasteiger partial charge on any atom is -0.383 e. The van der Waals surface area contributed by atoms with E-state index in [0.717, 1.165) is 15.0 Å². The van der Waals surface area contributed by atoms with Gasteiger partial charge in [-0.05, 0) is 42.6 Å². The maximum Gasteiger partial charge on any atom is 0.267 e. The second kappa shape index (κ2) is 7.21. The molecular weight excluding hydrogens is 340 g/mol. The Bertz CT molecular complexity index is 582. The van der Waals surface area contributed by atoms with Crippen molar-refractivity contribution in [2.75, 3.05) is 5.32 Å². The van der Waals surface area contributed by atoms with Crippen LogP contribution in [-0.4, -0.2) is 18.2 Å². The van der Waals surface area contributed by atoms with Crippen LogP contribution >= 0.6 is 27.3 Å². The fourth-order valence-corrected chi connectivity index (χ4v) is 2.20. The zero-order valence-corrected chi connectivity index (χ0v) is 13.1. The van der Waals surface area contributed by atoms with Gasteiger partial charge in [-0.25, -0.2) is 0 Å². The van der Waals surface area contributed by atoms with Gasteiger partial charge in [0.25, 0.3) is 5.91 Å². The summed E-state index contributed by atoms with van der Waals surface area (Å²) in [5.41, 5.74) is 0.718. The van der Waals surface area contributed by atoms with Gasteiger partial charge in [-0.1, -0.05) is 27.2 Å². The molecule has 0 saturated carbocycles. The Balaban J connectivity index is 1.84. The van der Waals surface area contributed by atoms with Gasteiger partial charge in [0, 0.05) is 15.0 Å². The Morgan fingerprint density at radius 3 is 2.80 bits per heavy atom.